The standard InChI is InChI=1S/C13H20N2OS2/c1-2-10-12(7-14-9-3-4-9)18-13(15-10)11-8-17-6-5-16-11/h9,11,14H,2-8H2,1H3. The van der Waals surface area contributed by atoms with E-state index in [1.165, 1.54) is 28.4 Å². The molecular formula is C13H20N2OS2. The molecule has 1 atom stereocenters. The van der Waals surface area contributed by atoms with E-state index in [0.717, 1.165) is 37.1 Å². The first-order chi connectivity index (χ1) is 8.86. The third kappa shape index (κ3) is 3.07. The second-order valence-corrected chi connectivity index (χ2v) is 7.13. The second-order valence-electron chi connectivity index (χ2n) is 4.87. The van der Waals surface area contributed by atoms with Gasteiger partial charge in [0.2, 0.25) is 0 Å². The van der Waals surface area contributed by atoms with Crippen molar-refractivity contribution in [1.82, 2.24) is 10.3 Å². The molecule has 3 rings (SSSR count). The molecule has 2 aliphatic rings. The van der Waals surface area contributed by atoms with Gasteiger partial charge in [0.1, 0.15) is 11.1 Å². The highest BCUT2D eigenvalue weighted by Crippen LogP contribution is 2.32. The molecule has 0 radical (unpaired) electrons. The molecule has 1 aliphatic carbocycles. The molecule has 100 valence electrons. The van der Waals surface area contributed by atoms with Gasteiger partial charge < -0.3 is 10.1 Å². The zero-order valence-electron chi connectivity index (χ0n) is 10.8. The van der Waals surface area contributed by atoms with Gasteiger partial charge in [0.25, 0.3) is 0 Å². The van der Waals surface area contributed by atoms with Crippen molar-refractivity contribution in [3.63, 3.8) is 0 Å². The lowest BCUT2D eigenvalue weighted by Gasteiger charge is -2.19. The van der Waals surface area contributed by atoms with Crippen LogP contribution in [0.15, 0.2) is 0 Å². The monoisotopic (exact) mass is 284 g/mol. The van der Waals surface area contributed by atoms with E-state index in [4.69, 9.17) is 9.72 Å². The van der Waals surface area contributed by atoms with Crippen LogP contribution in [0.3, 0.4) is 0 Å². The minimum atomic E-state index is 0.230. The summed E-state index contributed by atoms with van der Waals surface area (Å²) >= 11 is 3.82. The van der Waals surface area contributed by atoms with Crippen LogP contribution in [0.5, 0.6) is 0 Å². The Bertz CT molecular complexity index is 398. The molecule has 5 heteroatoms. The van der Waals surface area contributed by atoms with E-state index in [2.05, 4.69) is 12.2 Å². The number of thioether (sulfide) groups is 1. The molecule has 1 saturated carbocycles. The van der Waals surface area contributed by atoms with E-state index in [9.17, 15) is 0 Å². The Balaban J connectivity index is 1.69. The lowest BCUT2D eigenvalue weighted by atomic mass is 10.3. The Morgan fingerprint density at radius 1 is 1.44 bits per heavy atom. The number of nitrogens with one attached hydrogen (secondary N) is 1. The second kappa shape index (κ2) is 5.90. The number of hydrogen-bond acceptors (Lipinski definition) is 5. The summed E-state index contributed by atoms with van der Waals surface area (Å²) in [5.74, 6) is 2.19. The molecule has 1 aromatic heterocycles. The van der Waals surface area contributed by atoms with Crippen LogP contribution in [0, 0.1) is 0 Å². The molecule has 0 bridgehead atoms. The van der Waals surface area contributed by atoms with Gasteiger partial charge in [-0.2, -0.15) is 11.8 Å². The van der Waals surface area contributed by atoms with Crippen molar-refractivity contribution in [3.05, 3.63) is 15.6 Å². The van der Waals surface area contributed by atoms with Crippen LogP contribution in [-0.2, 0) is 17.7 Å². The van der Waals surface area contributed by atoms with Gasteiger partial charge in [-0.05, 0) is 19.3 Å². The van der Waals surface area contributed by atoms with Gasteiger partial charge in [-0.1, -0.05) is 6.92 Å². The number of thiazole rings is 1. The Labute approximate surface area is 117 Å². The van der Waals surface area contributed by atoms with E-state index in [-0.39, 0.29) is 6.10 Å². The number of nitrogens with zero attached hydrogens (tertiary/aromatic N) is 1. The average Bonchev–Trinajstić information content (AvgIpc) is 3.16. The first-order valence-electron chi connectivity index (χ1n) is 6.78. The molecule has 1 saturated heterocycles. The third-order valence-corrected chi connectivity index (χ3v) is 5.53. The lowest BCUT2D eigenvalue weighted by Crippen LogP contribution is -2.15. The van der Waals surface area contributed by atoms with Crippen molar-refractivity contribution >= 4 is 23.1 Å². The molecule has 0 spiro atoms. The average molecular weight is 284 g/mol. The van der Waals surface area contributed by atoms with Crippen molar-refractivity contribution in [2.75, 3.05) is 18.1 Å². The Morgan fingerprint density at radius 3 is 3.00 bits per heavy atom. The molecule has 18 heavy (non-hydrogen) atoms. The highest BCUT2D eigenvalue weighted by atomic mass is 32.2. The first-order valence-corrected chi connectivity index (χ1v) is 8.75. The zero-order chi connectivity index (χ0) is 12.4. The molecule has 0 aromatic carbocycles. The largest absolute Gasteiger partial charge is 0.369 e. The maximum atomic E-state index is 5.82. The summed E-state index contributed by atoms with van der Waals surface area (Å²) in [5.41, 5.74) is 1.27. The molecular weight excluding hydrogens is 264 g/mol. The van der Waals surface area contributed by atoms with Crippen molar-refractivity contribution in [3.8, 4) is 0 Å². The minimum absolute atomic E-state index is 0.230. The highest BCUT2D eigenvalue weighted by Gasteiger charge is 2.24. The van der Waals surface area contributed by atoms with Crippen LogP contribution < -0.4 is 5.32 Å². The minimum Gasteiger partial charge on any atom is -0.369 e. The summed E-state index contributed by atoms with van der Waals surface area (Å²) in [5, 5.41) is 4.77. The van der Waals surface area contributed by atoms with E-state index in [1.807, 2.05) is 23.1 Å². The number of rotatable bonds is 5. The quantitative estimate of drug-likeness (QED) is 0.901. The van der Waals surface area contributed by atoms with Gasteiger partial charge in [-0.3, -0.25) is 0 Å². The Kier molecular flexibility index (Phi) is 4.23. The highest BCUT2D eigenvalue weighted by molar-refractivity contribution is 7.99. The van der Waals surface area contributed by atoms with Gasteiger partial charge in [0, 0.05) is 29.0 Å². The first kappa shape index (κ1) is 12.9. The fraction of sp³-hybridized carbons (Fsp3) is 0.769. The van der Waals surface area contributed by atoms with Crippen LogP contribution in [0.2, 0.25) is 0 Å². The molecule has 1 aromatic rings. The Morgan fingerprint density at radius 2 is 2.33 bits per heavy atom. The van der Waals surface area contributed by atoms with Crippen molar-refractivity contribution in [2.24, 2.45) is 0 Å². The van der Waals surface area contributed by atoms with E-state index in [0.29, 0.717) is 0 Å². The number of ether oxygens (including phenoxy) is 1. The van der Waals surface area contributed by atoms with Gasteiger partial charge in [-0.15, -0.1) is 11.3 Å². The summed E-state index contributed by atoms with van der Waals surface area (Å²) in [4.78, 5) is 6.21. The number of aromatic nitrogens is 1. The van der Waals surface area contributed by atoms with Crippen molar-refractivity contribution < 1.29 is 4.74 Å². The van der Waals surface area contributed by atoms with Crippen LogP contribution in [0.4, 0.5) is 0 Å². The molecule has 3 nitrogen and oxygen atoms in total. The summed E-state index contributed by atoms with van der Waals surface area (Å²) in [7, 11) is 0. The fourth-order valence-electron chi connectivity index (χ4n) is 2.11. The third-order valence-electron chi connectivity index (χ3n) is 3.35. The summed E-state index contributed by atoms with van der Waals surface area (Å²) in [6, 6.07) is 0.766. The van der Waals surface area contributed by atoms with Crippen LogP contribution in [-0.4, -0.2) is 29.1 Å². The van der Waals surface area contributed by atoms with Gasteiger partial charge in [-0.25, -0.2) is 4.98 Å². The lowest BCUT2D eigenvalue weighted by molar-refractivity contribution is 0.0754. The van der Waals surface area contributed by atoms with Crippen molar-refractivity contribution in [1.29, 1.82) is 0 Å². The number of aryl methyl sites for hydroxylation is 1. The van der Waals surface area contributed by atoms with Crippen LogP contribution in [0.1, 0.15) is 41.4 Å². The smallest absolute Gasteiger partial charge is 0.123 e. The maximum absolute atomic E-state index is 5.82. The predicted molar refractivity (Wildman–Crippen MR) is 77.4 cm³/mol. The summed E-state index contributed by atoms with van der Waals surface area (Å²) in [6.45, 7) is 4.05. The molecule has 1 N–H and O–H groups in total. The molecule has 1 unspecified atom stereocenters. The van der Waals surface area contributed by atoms with E-state index < -0.39 is 0 Å². The molecule has 1 aliphatic heterocycles. The number of hydrogen-bond donors (Lipinski definition) is 1. The zero-order valence-corrected chi connectivity index (χ0v) is 12.4. The summed E-state index contributed by atoms with van der Waals surface area (Å²) in [6.07, 6.45) is 3.94. The molecule has 0 amide bonds. The van der Waals surface area contributed by atoms with Gasteiger partial charge >= 0.3 is 0 Å². The van der Waals surface area contributed by atoms with Crippen molar-refractivity contribution in [2.45, 2.75) is 44.9 Å². The normalized spacial score (nSPS) is 24.4. The molecule has 2 heterocycles. The predicted octanol–water partition coefficient (Wildman–Crippen LogP) is 2.76. The Hall–Kier alpha value is -0.100. The maximum Gasteiger partial charge on any atom is 0.123 e. The van der Waals surface area contributed by atoms with E-state index >= 15 is 0 Å². The SMILES string of the molecule is CCc1nc(C2CSCCO2)sc1CNC1CC1. The molecule has 2 fully saturated rings. The van der Waals surface area contributed by atoms with E-state index in [1.54, 1.807) is 0 Å². The van der Waals surface area contributed by atoms with Crippen LogP contribution >= 0.6 is 23.1 Å². The topological polar surface area (TPSA) is 34.1 Å². The van der Waals surface area contributed by atoms with Crippen LogP contribution in [0.25, 0.3) is 0 Å². The van der Waals surface area contributed by atoms with Gasteiger partial charge in [0.15, 0.2) is 0 Å². The fourth-order valence-corrected chi connectivity index (χ4v) is 4.22. The summed E-state index contributed by atoms with van der Waals surface area (Å²) < 4.78 is 5.82. The van der Waals surface area contributed by atoms with Gasteiger partial charge in [0.05, 0.1) is 12.3 Å².